The summed E-state index contributed by atoms with van der Waals surface area (Å²) < 4.78 is 0. The quantitative estimate of drug-likeness (QED) is 0.668. The lowest BCUT2D eigenvalue weighted by Gasteiger charge is -2.08. The Kier molecular flexibility index (Phi) is 5.38. The second kappa shape index (κ2) is 4.80. The molecular weight excluding hydrogens is 232 g/mol. The summed E-state index contributed by atoms with van der Waals surface area (Å²) in [6.45, 7) is 4.36. The molecule has 0 spiro atoms. The molecule has 0 aliphatic heterocycles. The van der Waals surface area contributed by atoms with E-state index >= 15 is 0 Å². The van der Waals surface area contributed by atoms with E-state index < -0.39 is 0 Å². The van der Waals surface area contributed by atoms with E-state index in [-0.39, 0.29) is 0 Å². The monoisotopic (exact) mass is 242 g/mol. The van der Waals surface area contributed by atoms with Gasteiger partial charge in [0.1, 0.15) is 0 Å². The van der Waals surface area contributed by atoms with Gasteiger partial charge in [-0.25, -0.2) is 0 Å². The van der Waals surface area contributed by atoms with Crippen LogP contribution < -0.4 is 0 Å². The van der Waals surface area contributed by atoms with Gasteiger partial charge in [-0.1, -0.05) is 52.1 Å². The van der Waals surface area contributed by atoms with Crippen molar-refractivity contribution in [3.05, 3.63) is 0 Å². The molecule has 0 nitrogen and oxygen atoms in total. The third kappa shape index (κ3) is 3.90. The third-order valence-electron chi connectivity index (χ3n) is 1.06. The van der Waals surface area contributed by atoms with Crippen LogP contribution in [0.1, 0.15) is 26.7 Å². The number of hydrogen-bond donors (Lipinski definition) is 0. The molecule has 50 valence electrons. The molecule has 0 radical (unpaired) electrons. The van der Waals surface area contributed by atoms with Gasteiger partial charge in [-0.2, -0.15) is 0 Å². The first-order valence-electron chi connectivity index (χ1n) is 2.96. The van der Waals surface area contributed by atoms with Crippen LogP contribution in [-0.4, -0.2) is 9.65 Å². The predicted octanol–water partition coefficient (Wildman–Crippen LogP) is 3.33. The zero-order valence-electron chi connectivity index (χ0n) is 5.32. The summed E-state index contributed by atoms with van der Waals surface area (Å²) in [5.74, 6) is 0. The Bertz CT molecular complexity index is 52.5. The summed E-state index contributed by atoms with van der Waals surface area (Å²) in [4.78, 5) is 1.25. The van der Waals surface area contributed by atoms with E-state index in [2.05, 4.69) is 45.7 Å². The zero-order valence-corrected chi connectivity index (χ0v) is 8.50. The second-order valence-electron chi connectivity index (χ2n) is 1.98. The van der Waals surface area contributed by atoms with Crippen molar-refractivity contribution in [2.75, 3.05) is 0 Å². The van der Waals surface area contributed by atoms with Crippen molar-refractivity contribution in [2.24, 2.45) is 0 Å². The topological polar surface area (TPSA) is 0 Å². The molecule has 0 aromatic rings. The minimum atomic E-state index is 0.599. The first-order valence-corrected chi connectivity index (χ1v) is 4.79. The van der Waals surface area contributed by atoms with Gasteiger partial charge < -0.3 is 0 Å². The minimum absolute atomic E-state index is 0.599. The van der Waals surface area contributed by atoms with Crippen LogP contribution >= 0.6 is 31.9 Å². The van der Waals surface area contributed by atoms with E-state index in [1.54, 1.807) is 0 Å². The Morgan fingerprint density at radius 3 is 2.00 bits per heavy atom. The van der Waals surface area contributed by atoms with Crippen molar-refractivity contribution in [2.45, 2.75) is 36.3 Å². The van der Waals surface area contributed by atoms with Crippen molar-refractivity contribution in [3.8, 4) is 0 Å². The highest BCUT2D eigenvalue weighted by Gasteiger charge is 2.07. The SMILES string of the molecule is CCCC(Br)C(C)Br. The van der Waals surface area contributed by atoms with Crippen molar-refractivity contribution >= 4 is 31.9 Å². The van der Waals surface area contributed by atoms with Gasteiger partial charge in [-0.15, -0.1) is 0 Å². The van der Waals surface area contributed by atoms with Gasteiger partial charge >= 0.3 is 0 Å². The molecule has 0 rings (SSSR count). The summed E-state index contributed by atoms with van der Waals surface area (Å²) in [5.41, 5.74) is 0. The molecule has 0 amide bonds. The molecule has 0 aliphatic rings. The van der Waals surface area contributed by atoms with Crippen LogP contribution in [-0.2, 0) is 0 Å². The first-order chi connectivity index (χ1) is 3.68. The maximum absolute atomic E-state index is 3.56. The van der Waals surface area contributed by atoms with E-state index in [9.17, 15) is 0 Å². The number of rotatable bonds is 3. The number of alkyl halides is 2. The molecule has 0 fully saturated rings. The standard InChI is InChI=1S/C6H12Br2/c1-3-4-6(8)5(2)7/h5-6H,3-4H2,1-2H3. The molecule has 0 aliphatic carbocycles. The largest absolute Gasteiger partial charge is 0.0882 e. The van der Waals surface area contributed by atoms with Crippen molar-refractivity contribution in [1.82, 2.24) is 0 Å². The normalized spacial score (nSPS) is 18.0. The minimum Gasteiger partial charge on any atom is -0.0882 e. The Morgan fingerprint density at radius 2 is 1.88 bits per heavy atom. The summed E-state index contributed by atoms with van der Waals surface area (Å²) >= 11 is 7.05. The molecule has 0 saturated carbocycles. The fourth-order valence-electron chi connectivity index (χ4n) is 0.505. The highest BCUT2D eigenvalue weighted by atomic mass is 79.9. The molecular formula is C6H12Br2. The van der Waals surface area contributed by atoms with E-state index in [4.69, 9.17) is 0 Å². The highest BCUT2D eigenvalue weighted by Crippen LogP contribution is 2.17. The van der Waals surface area contributed by atoms with Gasteiger partial charge in [0.15, 0.2) is 0 Å². The molecule has 2 atom stereocenters. The lowest BCUT2D eigenvalue weighted by Crippen LogP contribution is -2.08. The Hall–Kier alpha value is 0.960. The van der Waals surface area contributed by atoms with Crippen molar-refractivity contribution in [3.63, 3.8) is 0 Å². The Balaban J connectivity index is 3.17. The second-order valence-corrected chi connectivity index (χ2v) is 4.60. The van der Waals surface area contributed by atoms with Gasteiger partial charge in [0.2, 0.25) is 0 Å². The average Bonchev–Trinajstić information content (AvgIpc) is 1.67. The van der Waals surface area contributed by atoms with Crippen LogP contribution in [0.2, 0.25) is 0 Å². The Morgan fingerprint density at radius 1 is 1.38 bits per heavy atom. The summed E-state index contributed by atoms with van der Waals surface area (Å²) in [6.07, 6.45) is 2.51. The molecule has 0 aromatic carbocycles. The Labute approximate surface area is 68.3 Å². The molecule has 0 N–H and O–H groups in total. The van der Waals surface area contributed by atoms with Crippen LogP contribution in [0.3, 0.4) is 0 Å². The van der Waals surface area contributed by atoms with Gasteiger partial charge in [-0.3, -0.25) is 0 Å². The summed E-state index contributed by atoms with van der Waals surface area (Å²) in [5, 5.41) is 0. The van der Waals surface area contributed by atoms with Crippen molar-refractivity contribution < 1.29 is 0 Å². The molecule has 0 saturated heterocycles. The van der Waals surface area contributed by atoms with Crippen LogP contribution in [0.4, 0.5) is 0 Å². The van der Waals surface area contributed by atoms with Crippen LogP contribution in [0.5, 0.6) is 0 Å². The van der Waals surface area contributed by atoms with Crippen LogP contribution in [0.15, 0.2) is 0 Å². The summed E-state index contributed by atoms with van der Waals surface area (Å²) in [6, 6.07) is 0. The van der Waals surface area contributed by atoms with Crippen molar-refractivity contribution in [1.29, 1.82) is 0 Å². The molecule has 0 aromatic heterocycles. The molecule has 0 bridgehead atoms. The summed E-state index contributed by atoms with van der Waals surface area (Å²) in [7, 11) is 0. The van der Waals surface area contributed by atoms with Crippen LogP contribution in [0, 0.1) is 0 Å². The van der Waals surface area contributed by atoms with E-state index in [0.717, 1.165) is 0 Å². The maximum atomic E-state index is 3.56. The van der Waals surface area contributed by atoms with Gasteiger partial charge in [0, 0.05) is 9.65 Å². The first kappa shape index (κ1) is 8.96. The lowest BCUT2D eigenvalue weighted by molar-refractivity contribution is 0.746. The predicted molar refractivity (Wildman–Crippen MR) is 46.0 cm³/mol. The van der Waals surface area contributed by atoms with Gasteiger partial charge in [0.25, 0.3) is 0 Å². The molecule has 2 heteroatoms. The van der Waals surface area contributed by atoms with E-state index in [1.807, 2.05) is 0 Å². The van der Waals surface area contributed by atoms with E-state index in [1.165, 1.54) is 12.8 Å². The lowest BCUT2D eigenvalue weighted by atomic mass is 10.2. The average molecular weight is 244 g/mol. The van der Waals surface area contributed by atoms with Gasteiger partial charge in [0.05, 0.1) is 0 Å². The fourth-order valence-corrected chi connectivity index (χ4v) is 1.23. The highest BCUT2D eigenvalue weighted by molar-refractivity contribution is 9.12. The smallest absolute Gasteiger partial charge is 0.0268 e. The third-order valence-corrected chi connectivity index (χ3v) is 3.66. The number of hydrogen-bond acceptors (Lipinski definition) is 0. The fraction of sp³-hybridized carbons (Fsp3) is 1.00. The molecule has 0 heterocycles. The molecule has 8 heavy (non-hydrogen) atoms. The van der Waals surface area contributed by atoms with Gasteiger partial charge in [-0.05, 0) is 6.42 Å². The van der Waals surface area contributed by atoms with E-state index in [0.29, 0.717) is 9.65 Å². The van der Waals surface area contributed by atoms with Crippen LogP contribution in [0.25, 0.3) is 0 Å². The zero-order chi connectivity index (χ0) is 6.57. The molecule has 2 unspecified atom stereocenters. The number of halogens is 2. The maximum Gasteiger partial charge on any atom is 0.0268 e.